The summed E-state index contributed by atoms with van der Waals surface area (Å²) in [6.45, 7) is 14.3. The first-order chi connectivity index (χ1) is 33.6. The number of benzene rings is 3. The molecular formula is C50H65BF5N5O11. The van der Waals surface area contributed by atoms with Crippen molar-refractivity contribution >= 4 is 38.0 Å². The van der Waals surface area contributed by atoms with Crippen molar-refractivity contribution in [2.24, 2.45) is 0 Å². The number of rotatable bonds is 20. The van der Waals surface area contributed by atoms with Crippen molar-refractivity contribution in [2.75, 3.05) is 53.5 Å². The van der Waals surface area contributed by atoms with Gasteiger partial charge in [-0.3, -0.25) is 10.2 Å². The average Bonchev–Trinajstić information content (AvgIpc) is 3.60. The number of allylic oxidation sites excluding steroid dienone is 1. The van der Waals surface area contributed by atoms with Crippen LogP contribution in [0.4, 0.5) is 41.1 Å². The van der Waals surface area contributed by atoms with Crippen molar-refractivity contribution in [1.29, 1.82) is 0 Å². The summed E-state index contributed by atoms with van der Waals surface area (Å²) < 4.78 is 106. The van der Waals surface area contributed by atoms with Gasteiger partial charge in [0, 0.05) is 39.2 Å². The molecule has 0 fully saturated rings. The second kappa shape index (κ2) is 25.3. The molecule has 72 heavy (non-hydrogen) atoms. The number of amides is 4. The lowest BCUT2D eigenvalue weighted by atomic mass is 9.98. The Hall–Kier alpha value is -6.42. The van der Waals surface area contributed by atoms with Gasteiger partial charge in [-0.2, -0.15) is 8.78 Å². The number of hydrogen-bond donors (Lipinski definition) is 2. The molecule has 0 saturated carbocycles. The Morgan fingerprint density at radius 2 is 1.15 bits per heavy atom. The Bertz CT molecular complexity index is 2380. The smallest absolute Gasteiger partial charge is 0.414 e. The SMILES string of the molecule is COBN(C)CCCN(C(=O)OC(C)(C)C)/C(CCCN(CCCNC(=O)OC(C)(C)C)C(=O)OC(C)(C)C)=C(/NC(=O)OCC1c2ccccc2-c2ccccc21)C(=O)Oc1c(F)c(F)c(F)c(F)c1F. The molecule has 0 aromatic heterocycles. The Labute approximate surface area is 417 Å². The molecule has 0 atom stereocenters. The normalized spacial score (nSPS) is 12.8. The molecule has 0 heterocycles. The van der Waals surface area contributed by atoms with Gasteiger partial charge in [-0.15, -0.1) is 0 Å². The zero-order chi connectivity index (χ0) is 53.7. The van der Waals surface area contributed by atoms with Gasteiger partial charge in [0.2, 0.25) is 34.8 Å². The van der Waals surface area contributed by atoms with Crippen LogP contribution in [0.1, 0.15) is 105 Å². The summed E-state index contributed by atoms with van der Waals surface area (Å²) in [5.74, 6) is -16.7. The zero-order valence-electron chi connectivity index (χ0n) is 42.7. The lowest BCUT2D eigenvalue weighted by molar-refractivity contribution is -0.131. The van der Waals surface area contributed by atoms with E-state index in [1.54, 1.807) is 74.2 Å². The number of ether oxygens (including phenoxy) is 5. The van der Waals surface area contributed by atoms with Gasteiger partial charge < -0.3 is 43.4 Å². The molecule has 3 aromatic carbocycles. The second-order valence-electron chi connectivity index (χ2n) is 19.9. The van der Waals surface area contributed by atoms with Gasteiger partial charge in [0.1, 0.15) is 23.4 Å². The Balaban J connectivity index is 1.85. The lowest BCUT2D eigenvalue weighted by Gasteiger charge is -2.32. The molecule has 1 aliphatic carbocycles. The minimum atomic E-state index is -2.53. The van der Waals surface area contributed by atoms with Crippen LogP contribution in [0.25, 0.3) is 11.1 Å². The number of halogens is 5. The number of alkyl carbamates (subject to hydrolysis) is 2. The van der Waals surface area contributed by atoms with Crippen LogP contribution in [-0.4, -0.2) is 123 Å². The summed E-state index contributed by atoms with van der Waals surface area (Å²) in [5.41, 5.74) is -0.924. The molecule has 394 valence electrons. The van der Waals surface area contributed by atoms with Gasteiger partial charge in [-0.1, -0.05) is 48.5 Å². The van der Waals surface area contributed by atoms with Crippen LogP contribution in [-0.2, 0) is 28.4 Å². The molecule has 4 amide bonds. The van der Waals surface area contributed by atoms with Gasteiger partial charge in [0.15, 0.2) is 5.70 Å². The van der Waals surface area contributed by atoms with Crippen LogP contribution in [0, 0.1) is 29.1 Å². The summed E-state index contributed by atoms with van der Waals surface area (Å²) in [5, 5.41) is 4.88. The predicted molar refractivity (Wildman–Crippen MR) is 257 cm³/mol. The molecule has 0 saturated heterocycles. The molecule has 0 aliphatic heterocycles. The van der Waals surface area contributed by atoms with Gasteiger partial charge >= 0.3 is 38.0 Å². The summed E-state index contributed by atoms with van der Waals surface area (Å²) in [6, 6.07) is 14.8. The lowest BCUT2D eigenvalue weighted by Crippen LogP contribution is -2.42. The minimum absolute atomic E-state index is 0.00147. The first kappa shape index (κ1) is 58.2. The van der Waals surface area contributed by atoms with E-state index >= 15 is 8.78 Å². The van der Waals surface area contributed by atoms with E-state index in [0.29, 0.717) is 0 Å². The Kier molecular flexibility index (Phi) is 20.4. The number of hydrogen-bond acceptors (Lipinski definition) is 12. The zero-order valence-corrected chi connectivity index (χ0v) is 42.7. The summed E-state index contributed by atoms with van der Waals surface area (Å²) in [7, 11) is 3.36. The van der Waals surface area contributed by atoms with E-state index in [2.05, 4.69) is 10.6 Å². The van der Waals surface area contributed by atoms with E-state index in [4.69, 9.17) is 28.3 Å². The molecule has 16 nitrogen and oxygen atoms in total. The van der Waals surface area contributed by atoms with Crippen LogP contribution in [0.5, 0.6) is 5.75 Å². The fourth-order valence-electron chi connectivity index (χ4n) is 7.46. The molecule has 0 radical (unpaired) electrons. The highest BCUT2D eigenvalue weighted by atomic mass is 19.2. The maximum Gasteiger partial charge on any atom is 0.414 e. The monoisotopic (exact) mass is 1020 g/mol. The molecule has 3 aromatic rings. The van der Waals surface area contributed by atoms with Crippen LogP contribution < -0.4 is 15.4 Å². The first-order valence-electron chi connectivity index (χ1n) is 23.3. The Morgan fingerprint density at radius 1 is 0.639 bits per heavy atom. The molecule has 2 N–H and O–H groups in total. The van der Waals surface area contributed by atoms with Crippen molar-refractivity contribution in [2.45, 2.75) is 111 Å². The van der Waals surface area contributed by atoms with Gasteiger partial charge in [-0.25, -0.2) is 37.1 Å². The largest absolute Gasteiger partial charge is 0.448 e. The summed E-state index contributed by atoms with van der Waals surface area (Å²) in [4.78, 5) is 73.0. The van der Waals surface area contributed by atoms with Crippen LogP contribution in [0.15, 0.2) is 59.9 Å². The van der Waals surface area contributed by atoms with Crippen LogP contribution in [0.2, 0.25) is 0 Å². The standard InChI is InChI=1S/C50H65BF5N5O11/c1-48(2,3)70-44(63)57-24-17-27-60(46(65)71-49(4,5)6)26-16-23-35(61(47(66)72-50(7,8)9)28-18-25-59(10)51-67-11)41(43(62)69-42-39(55)37(53)36(52)38(54)40(42)56)58-45(64)68-29-34-32-21-14-12-19-30(32)31-20-13-15-22-33(31)34/h12-15,19-22,34,51H,16-18,23-29H2,1-11H3,(H,57,63)(H,58,64)/b41-35+. The van der Waals surface area contributed by atoms with E-state index in [9.17, 15) is 37.1 Å². The Morgan fingerprint density at radius 3 is 1.69 bits per heavy atom. The minimum Gasteiger partial charge on any atom is -0.448 e. The van der Waals surface area contributed by atoms with E-state index in [1.165, 1.54) is 12.0 Å². The van der Waals surface area contributed by atoms with Crippen LogP contribution in [0.3, 0.4) is 0 Å². The summed E-state index contributed by atoms with van der Waals surface area (Å²) in [6.07, 6.45) is -4.14. The highest BCUT2D eigenvalue weighted by Crippen LogP contribution is 2.44. The van der Waals surface area contributed by atoms with E-state index in [1.807, 2.05) is 48.5 Å². The summed E-state index contributed by atoms with van der Waals surface area (Å²) >= 11 is 0. The molecule has 22 heteroatoms. The number of nitrogens with one attached hydrogen (secondary N) is 2. The van der Waals surface area contributed by atoms with Crippen molar-refractivity contribution in [1.82, 2.24) is 25.2 Å². The quantitative estimate of drug-likeness (QED) is 0.0127. The third-order valence-electron chi connectivity index (χ3n) is 10.4. The average molecular weight is 1020 g/mol. The maximum atomic E-state index is 15.2. The highest BCUT2D eigenvalue weighted by molar-refractivity contribution is 6.23. The molecule has 4 rings (SSSR count). The van der Waals surface area contributed by atoms with Gasteiger partial charge in [0.25, 0.3) is 0 Å². The van der Waals surface area contributed by atoms with E-state index in [-0.39, 0.29) is 66.2 Å². The topological polar surface area (TPSA) is 175 Å². The number of carbonyl (C=O) groups excluding carboxylic acids is 5. The van der Waals surface area contributed by atoms with Crippen molar-refractivity contribution in [3.05, 3.63) is 100 Å². The molecular weight excluding hydrogens is 952 g/mol. The van der Waals surface area contributed by atoms with E-state index < -0.39 is 106 Å². The van der Waals surface area contributed by atoms with Crippen molar-refractivity contribution in [3.8, 4) is 16.9 Å². The first-order valence-corrected chi connectivity index (χ1v) is 23.3. The maximum absolute atomic E-state index is 15.2. The molecule has 0 spiro atoms. The van der Waals surface area contributed by atoms with Crippen LogP contribution >= 0.6 is 0 Å². The predicted octanol–water partition coefficient (Wildman–Crippen LogP) is 9.44. The third-order valence-corrected chi connectivity index (χ3v) is 10.4. The van der Waals surface area contributed by atoms with Crippen molar-refractivity contribution < 1.29 is 74.3 Å². The number of carbonyl (C=O) groups is 5. The number of nitrogens with zero attached hydrogens (tertiary/aromatic N) is 3. The van der Waals surface area contributed by atoms with Gasteiger partial charge in [-0.05, 0) is 124 Å². The number of fused-ring (bicyclic) bond motifs is 3. The fraction of sp³-hybridized carbons (Fsp3) is 0.500. The number of esters is 1. The third kappa shape index (κ3) is 16.8. The highest BCUT2D eigenvalue weighted by Gasteiger charge is 2.36. The second-order valence-corrected chi connectivity index (χ2v) is 19.9. The molecule has 0 unspecified atom stereocenters. The van der Waals surface area contributed by atoms with E-state index in [0.717, 1.165) is 27.2 Å². The molecule has 0 bridgehead atoms. The van der Waals surface area contributed by atoms with Crippen molar-refractivity contribution in [3.63, 3.8) is 0 Å². The molecule has 1 aliphatic rings. The fourth-order valence-corrected chi connectivity index (χ4v) is 7.46. The van der Waals surface area contributed by atoms with Gasteiger partial charge in [0.05, 0.1) is 5.70 Å².